The lowest BCUT2D eigenvalue weighted by atomic mass is 10.00. The van der Waals surface area contributed by atoms with Crippen LogP contribution in [0.4, 0.5) is 4.39 Å². The summed E-state index contributed by atoms with van der Waals surface area (Å²) in [5.41, 5.74) is 0. The van der Waals surface area contributed by atoms with Crippen molar-refractivity contribution in [2.24, 2.45) is 11.8 Å². The zero-order valence-electron chi connectivity index (χ0n) is 6.16. The molecule has 0 amide bonds. The van der Waals surface area contributed by atoms with E-state index in [9.17, 15) is 9.50 Å². The Hall–Kier alpha value is 0.140. The second kappa shape index (κ2) is 3.25. The predicted octanol–water partition coefficient (Wildman–Crippen LogP) is 0.347. The van der Waals surface area contributed by atoms with Gasteiger partial charge in [-0.3, -0.25) is 0 Å². The van der Waals surface area contributed by atoms with Gasteiger partial charge in [-0.1, -0.05) is 0 Å². The standard InChI is InChI=1S/C7H12FNO.ClH/c8-6-1-4-2-9-3-5(4)7(6)10;/h4-7,9-10H,1-3H2;1H/t4-,5+,6-,7+;/m0./s1. The molecule has 0 bridgehead atoms. The van der Waals surface area contributed by atoms with Gasteiger partial charge in [0, 0.05) is 12.5 Å². The van der Waals surface area contributed by atoms with E-state index in [2.05, 4.69) is 5.32 Å². The zero-order valence-corrected chi connectivity index (χ0v) is 6.98. The first-order chi connectivity index (χ1) is 4.79. The van der Waals surface area contributed by atoms with Crippen LogP contribution in [0.15, 0.2) is 0 Å². The van der Waals surface area contributed by atoms with Crippen LogP contribution in [-0.4, -0.2) is 30.5 Å². The summed E-state index contributed by atoms with van der Waals surface area (Å²) in [5, 5.41) is 12.4. The second-order valence-corrected chi connectivity index (χ2v) is 3.32. The molecular weight excluding hydrogens is 169 g/mol. The van der Waals surface area contributed by atoms with Gasteiger partial charge in [0.15, 0.2) is 0 Å². The van der Waals surface area contributed by atoms with Crippen molar-refractivity contribution in [3.8, 4) is 0 Å². The van der Waals surface area contributed by atoms with Gasteiger partial charge in [0.25, 0.3) is 0 Å². The normalized spacial score (nSPS) is 48.5. The number of halogens is 2. The highest BCUT2D eigenvalue weighted by atomic mass is 35.5. The van der Waals surface area contributed by atoms with Crippen LogP contribution in [0.5, 0.6) is 0 Å². The van der Waals surface area contributed by atoms with E-state index < -0.39 is 12.3 Å². The maximum atomic E-state index is 12.8. The van der Waals surface area contributed by atoms with Crippen LogP contribution in [0.25, 0.3) is 0 Å². The van der Waals surface area contributed by atoms with Crippen LogP contribution in [0.3, 0.4) is 0 Å². The van der Waals surface area contributed by atoms with E-state index in [-0.39, 0.29) is 18.3 Å². The summed E-state index contributed by atoms with van der Waals surface area (Å²) in [6, 6.07) is 0. The first-order valence-electron chi connectivity index (χ1n) is 3.82. The van der Waals surface area contributed by atoms with Gasteiger partial charge >= 0.3 is 0 Å². The minimum atomic E-state index is -0.961. The number of aliphatic hydroxyl groups excluding tert-OH is 1. The lowest BCUT2D eigenvalue weighted by Crippen LogP contribution is -2.26. The molecule has 0 radical (unpaired) electrons. The topological polar surface area (TPSA) is 32.3 Å². The van der Waals surface area contributed by atoms with Gasteiger partial charge < -0.3 is 10.4 Å². The summed E-state index contributed by atoms with van der Waals surface area (Å²) in [5.74, 6) is 0.583. The summed E-state index contributed by atoms with van der Waals surface area (Å²) >= 11 is 0. The van der Waals surface area contributed by atoms with Crippen molar-refractivity contribution in [2.75, 3.05) is 13.1 Å². The monoisotopic (exact) mass is 181 g/mol. The molecule has 1 saturated carbocycles. The van der Waals surface area contributed by atoms with Crippen molar-refractivity contribution in [3.05, 3.63) is 0 Å². The number of rotatable bonds is 0. The lowest BCUT2D eigenvalue weighted by Gasteiger charge is -2.11. The number of nitrogens with one attached hydrogen (secondary N) is 1. The van der Waals surface area contributed by atoms with Crippen LogP contribution in [-0.2, 0) is 0 Å². The number of hydrogen-bond acceptors (Lipinski definition) is 2. The molecule has 0 aromatic carbocycles. The van der Waals surface area contributed by atoms with Gasteiger partial charge in [-0.2, -0.15) is 0 Å². The van der Waals surface area contributed by atoms with E-state index >= 15 is 0 Å². The molecule has 0 aromatic heterocycles. The summed E-state index contributed by atoms with van der Waals surface area (Å²) in [4.78, 5) is 0. The molecule has 2 aliphatic rings. The summed E-state index contributed by atoms with van der Waals surface area (Å²) in [6.07, 6.45) is -1.10. The Kier molecular flexibility index (Phi) is 2.73. The third-order valence-electron chi connectivity index (χ3n) is 2.73. The predicted molar refractivity (Wildman–Crippen MR) is 42.6 cm³/mol. The lowest BCUT2D eigenvalue weighted by molar-refractivity contribution is 0.0709. The van der Waals surface area contributed by atoms with Gasteiger partial charge in [0.1, 0.15) is 6.17 Å². The van der Waals surface area contributed by atoms with Crippen molar-refractivity contribution in [2.45, 2.75) is 18.7 Å². The molecule has 4 atom stereocenters. The van der Waals surface area contributed by atoms with Crippen molar-refractivity contribution in [1.29, 1.82) is 0 Å². The van der Waals surface area contributed by atoms with Gasteiger partial charge in [-0.05, 0) is 18.9 Å². The first kappa shape index (κ1) is 9.23. The van der Waals surface area contributed by atoms with Crippen molar-refractivity contribution < 1.29 is 9.50 Å². The fourth-order valence-electron chi connectivity index (χ4n) is 2.11. The largest absolute Gasteiger partial charge is 0.390 e. The van der Waals surface area contributed by atoms with Gasteiger partial charge in [0.2, 0.25) is 0 Å². The second-order valence-electron chi connectivity index (χ2n) is 3.32. The summed E-state index contributed by atoms with van der Waals surface area (Å²) < 4.78 is 12.8. The molecular formula is C7H13ClFNO. The highest BCUT2D eigenvalue weighted by Crippen LogP contribution is 2.36. The number of hydrogen-bond donors (Lipinski definition) is 2. The van der Waals surface area contributed by atoms with Crippen LogP contribution < -0.4 is 5.32 Å². The van der Waals surface area contributed by atoms with Crippen molar-refractivity contribution in [1.82, 2.24) is 5.32 Å². The Morgan fingerprint density at radius 3 is 2.73 bits per heavy atom. The van der Waals surface area contributed by atoms with E-state index in [1.165, 1.54) is 0 Å². The van der Waals surface area contributed by atoms with E-state index in [1.54, 1.807) is 0 Å². The summed E-state index contributed by atoms with van der Waals surface area (Å²) in [7, 11) is 0. The molecule has 1 heterocycles. The molecule has 2 N–H and O–H groups in total. The minimum Gasteiger partial charge on any atom is -0.390 e. The van der Waals surface area contributed by atoms with Crippen LogP contribution >= 0.6 is 12.4 Å². The molecule has 2 fully saturated rings. The maximum absolute atomic E-state index is 12.8. The molecule has 1 aliphatic heterocycles. The van der Waals surface area contributed by atoms with Crippen molar-refractivity contribution in [3.63, 3.8) is 0 Å². The third kappa shape index (κ3) is 1.37. The third-order valence-corrected chi connectivity index (χ3v) is 2.73. The average molecular weight is 182 g/mol. The van der Waals surface area contributed by atoms with E-state index in [0.717, 1.165) is 13.1 Å². The van der Waals surface area contributed by atoms with E-state index in [1.807, 2.05) is 0 Å². The van der Waals surface area contributed by atoms with Crippen LogP contribution in [0.1, 0.15) is 6.42 Å². The van der Waals surface area contributed by atoms with E-state index in [4.69, 9.17) is 0 Å². The number of alkyl halides is 1. The first-order valence-corrected chi connectivity index (χ1v) is 3.82. The van der Waals surface area contributed by atoms with Crippen molar-refractivity contribution >= 4 is 12.4 Å². The highest BCUT2D eigenvalue weighted by Gasteiger charge is 2.44. The zero-order chi connectivity index (χ0) is 7.14. The van der Waals surface area contributed by atoms with Crippen LogP contribution in [0, 0.1) is 11.8 Å². The fraction of sp³-hybridized carbons (Fsp3) is 1.00. The Bertz CT molecular complexity index is 144. The molecule has 66 valence electrons. The fourth-order valence-corrected chi connectivity index (χ4v) is 2.11. The van der Waals surface area contributed by atoms with Gasteiger partial charge in [-0.15, -0.1) is 12.4 Å². The average Bonchev–Trinajstić information content (AvgIpc) is 2.41. The molecule has 0 spiro atoms. The maximum Gasteiger partial charge on any atom is 0.127 e. The van der Waals surface area contributed by atoms with Crippen LogP contribution in [0.2, 0.25) is 0 Å². The quantitative estimate of drug-likeness (QED) is 0.565. The Balaban J connectivity index is 0.000000605. The van der Waals surface area contributed by atoms with E-state index in [0.29, 0.717) is 12.3 Å². The molecule has 4 heteroatoms. The molecule has 1 saturated heterocycles. The smallest absolute Gasteiger partial charge is 0.127 e. The van der Waals surface area contributed by atoms with Gasteiger partial charge in [-0.25, -0.2) is 4.39 Å². The number of aliphatic hydroxyl groups is 1. The number of fused-ring (bicyclic) bond motifs is 1. The molecule has 2 nitrogen and oxygen atoms in total. The Morgan fingerprint density at radius 1 is 1.36 bits per heavy atom. The van der Waals surface area contributed by atoms with Gasteiger partial charge in [0.05, 0.1) is 6.10 Å². The summed E-state index contributed by atoms with van der Waals surface area (Å²) in [6.45, 7) is 1.69. The Morgan fingerprint density at radius 2 is 2.09 bits per heavy atom. The molecule has 2 rings (SSSR count). The highest BCUT2D eigenvalue weighted by molar-refractivity contribution is 5.85. The SMILES string of the molecule is Cl.O[C@@H]1[C@@H]2CNC[C@@H]2C[C@@H]1F. The molecule has 1 aliphatic carbocycles. The Labute approximate surface area is 71.6 Å². The molecule has 0 unspecified atom stereocenters. The molecule has 11 heavy (non-hydrogen) atoms. The molecule has 0 aromatic rings. The minimum absolute atomic E-state index is 0.